The van der Waals surface area contributed by atoms with Crippen LogP contribution < -0.4 is 10.2 Å². The Labute approximate surface area is 145 Å². The second-order valence-corrected chi connectivity index (χ2v) is 7.00. The smallest absolute Gasteiger partial charge is 0.243 e. The predicted molar refractivity (Wildman–Crippen MR) is 97.6 cm³/mol. The Kier molecular flexibility index (Phi) is 6.81. The molecule has 0 heterocycles. The number of anilines is 1. The van der Waals surface area contributed by atoms with E-state index in [-0.39, 0.29) is 11.9 Å². The van der Waals surface area contributed by atoms with Crippen LogP contribution in [-0.2, 0) is 4.79 Å². The molecule has 4 atom stereocenters. The van der Waals surface area contributed by atoms with Gasteiger partial charge in [0.05, 0.1) is 18.5 Å². The first-order valence-corrected chi connectivity index (χ1v) is 9.04. The number of amides is 1. The van der Waals surface area contributed by atoms with E-state index in [1.165, 1.54) is 12.8 Å². The fraction of sp³-hybridized carbons (Fsp3) is 0.600. The summed E-state index contributed by atoms with van der Waals surface area (Å²) in [5, 5.41) is 12.5. The lowest BCUT2D eigenvalue weighted by atomic mass is 9.78. The molecule has 1 aromatic carbocycles. The van der Waals surface area contributed by atoms with Gasteiger partial charge in [-0.2, -0.15) is 5.26 Å². The molecule has 130 valence electrons. The maximum Gasteiger partial charge on any atom is 0.243 e. The maximum absolute atomic E-state index is 13.0. The molecule has 1 aliphatic rings. The van der Waals surface area contributed by atoms with E-state index in [0.29, 0.717) is 30.8 Å². The zero-order chi connectivity index (χ0) is 17.5. The molecule has 4 unspecified atom stereocenters. The molecule has 4 heteroatoms. The molecule has 1 saturated carbocycles. The van der Waals surface area contributed by atoms with Gasteiger partial charge in [-0.25, -0.2) is 0 Å². The topological polar surface area (TPSA) is 56.1 Å². The Morgan fingerprint density at radius 3 is 2.71 bits per heavy atom. The molecule has 1 fully saturated rings. The molecular weight excluding hydrogens is 298 g/mol. The molecule has 2 rings (SSSR count). The van der Waals surface area contributed by atoms with Crippen molar-refractivity contribution < 1.29 is 4.79 Å². The summed E-state index contributed by atoms with van der Waals surface area (Å²) in [6.07, 6.45) is 3.97. The second kappa shape index (κ2) is 8.84. The number of rotatable bonds is 6. The van der Waals surface area contributed by atoms with Crippen molar-refractivity contribution in [2.75, 3.05) is 11.4 Å². The second-order valence-electron chi connectivity index (χ2n) is 7.00. The molecule has 0 aromatic heterocycles. The molecule has 0 aliphatic heterocycles. The van der Waals surface area contributed by atoms with E-state index in [1.54, 1.807) is 4.90 Å². The summed E-state index contributed by atoms with van der Waals surface area (Å²) in [4.78, 5) is 14.7. The lowest BCUT2D eigenvalue weighted by Gasteiger charge is -2.37. The molecule has 0 spiro atoms. The highest BCUT2D eigenvalue weighted by molar-refractivity contribution is 5.97. The van der Waals surface area contributed by atoms with Crippen LogP contribution >= 0.6 is 0 Å². The van der Waals surface area contributed by atoms with E-state index in [1.807, 2.05) is 37.3 Å². The van der Waals surface area contributed by atoms with Crippen LogP contribution in [-0.4, -0.2) is 24.5 Å². The third kappa shape index (κ3) is 4.58. The molecule has 0 saturated heterocycles. The minimum absolute atomic E-state index is 0.0434. The van der Waals surface area contributed by atoms with Crippen molar-refractivity contribution in [1.29, 1.82) is 5.26 Å². The normalized spacial score (nSPS) is 24.8. The quantitative estimate of drug-likeness (QED) is 0.866. The van der Waals surface area contributed by atoms with Crippen molar-refractivity contribution in [3.63, 3.8) is 0 Å². The van der Waals surface area contributed by atoms with Crippen LogP contribution in [0.1, 0.15) is 46.5 Å². The van der Waals surface area contributed by atoms with Crippen LogP contribution in [0.25, 0.3) is 0 Å². The van der Waals surface area contributed by atoms with Crippen LogP contribution in [0.2, 0.25) is 0 Å². The lowest BCUT2D eigenvalue weighted by molar-refractivity contribution is -0.120. The van der Waals surface area contributed by atoms with Gasteiger partial charge in [0.2, 0.25) is 5.91 Å². The molecular formula is C20H29N3O. The van der Waals surface area contributed by atoms with Gasteiger partial charge in [-0.05, 0) is 37.3 Å². The number of nitrogens with zero attached hydrogens (tertiary/aromatic N) is 2. The van der Waals surface area contributed by atoms with Crippen molar-refractivity contribution in [3.8, 4) is 6.07 Å². The number of carbonyl (C=O) groups excluding carboxylic acids is 1. The van der Waals surface area contributed by atoms with Gasteiger partial charge in [0, 0.05) is 18.3 Å². The van der Waals surface area contributed by atoms with Gasteiger partial charge in [0.15, 0.2) is 0 Å². The van der Waals surface area contributed by atoms with E-state index in [9.17, 15) is 4.79 Å². The Hall–Kier alpha value is -1.86. The first-order chi connectivity index (χ1) is 11.5. The van der Waals surface area contributed by atoms with Gasteiger partial charge in [-0.3, -0.25) is 4.79 Å². The summed E-state index contributed by atoms with van der Waals surface area (Å²) in [5.74, 6) is 1.32. The zero-order valence-corrected chi connectivity index (χ0v) is 15.0. The molecule has 24 heavy (non-hydrogen) atoms. The highest BCUT2D eigenvalue weighted by Crippen LogP contribution is 2.30. The van der Waals surface area contributed by atoms with Gasteiger partial charge in [-0.15, -0.1) is 0 Å². The zero-order valence-electron chi connectivity index (χ0n) is 15.0. The Bertz CT molecular complexity index is 566. The Balaban J connectivity index is 2.06. The third-order valence-corrected chi connectivity index (χ3v) is 5.32. The highest BCUT2D eigenvalue weighted by atomic mass is 16.2. The average molecular weight is 327 g/mol. The molecule has 1 N–H and O–H groups in total. The number of carbonyl (C=O) groups is 1. The number of hydrogen-bond acceptors (Lipinski definition) is 3. The summed E-state index contributed by atoms with van der Waals surface area (Å²) >= 11 is 0. The van der Waals surface area contributed by atoms with E-state index in [2.05, 4.69) is 25.2 Å². The number of benzene rings is 1. The van der Waals surface area contributed by atoms with Crippen LogP contribution in [0, 0.1) is 23.2 Å². The third-order valence-electron chi connectivity index (χ3n) is 5.32. The van der Waals surface area contributed by atoms with E-state index in [4.69, 9.17) is 5.26 Å². The number of hydrogen-bond donors (Lipinski definition) is 1. The van der Waals surface area contributed by atoms with Crippen molar-refractivity contribution >= 4 is 11.6 Å². The molecule has 1 aromatic rings. The summed E-state index contributed by atoms with van der Waals surface area (Å²) in [7, 11) is 0. The average Bonchev–Trinajstić information content (AvgIpc) is 2.60. The summed E-state index contributed by atoms with van der Waals surface area (Å²) < 4.78 is 0. The number of nitriles is 1. The van der Waals surface area contributed by atoms with Gasteiger partial charge in [0.1, 0.15) is 0 Å². The fourth-order valence-electron chi connectivity index (χ4n) is 3.58. The first kappa shape index (κ1) is 18.5. The van der Waals surface area contributed by atoms with Crippen LogP contribution in [0.3, 0.4) is 0 Å². The Morgan fingerprint density at radius 2 is 2.04 bits per heavy atom. The predicted octanol–water partition coefficient (Wildman–Crippen LogP) is 3.74. The fourth-order valence-corrected chi connectivity index (χ4v) is 3.58. The molecule has 1 aliphatic carbocycles. The first-order valence-electron chi connectivity index (χ1n) is 9.04. The monoisotopic (exact) mass is 327 g/mol. The van der Waals surface area contributed by atoms with Gasteiger partial charge in [0.25, 0.3) is 0 Å². The largest absolute Gasteiger partial charge is 0.310 e. The minimum atomic E-state index is -0.248. The van der Waals surface area contributed by atoms with Crippen molar-refractivity contribution in [2.45, 2.75) is 58.5 Å². The van der Waals surface area contributed by atoms with Gasteiger partial charge >= 0.3 is 0 Å². The Morgan fingerprint density at radius 1 is 1.33 bits per heavy atom. The van der Waals surface area contributed by atoms with Gasteiger partial charge in [-0.1, -0.05) is 44.9 Å². The summed E-state index contributed by atoms with van der Waals surface area (Å²) in [6.45, 7) is 6.95. The van der Waals surface area contributed by atoms with Crippen molar-refractivity contribution in [3.05, 3.63) is 30.3 Å². The molecule has 1 amide bonds. The van der Waals surface area contributed by atoms with Crippen molar-refractivity contribution in [2.24, 2.45) is 11.8 Å². The number of nitrogens with one attached hydrogen (secondary N) is 1. The van der Waals surface area contributed by atoms with Gasteiger partial charge < -0.3 is 10.2 Å². The maximum atomic E-state index is 13.0. The molecule has 0 radical (unpaired) electrons. The molecule has 4 nitrogen and oxygen atoms in total. The lowest BCUT2D eigenvalue weighted by Crippen LogP contribution is -2.52. The summed E-state index contributed by atoms with van der Waals surface area (Å²) in [6, 6.07) is 11.9. The van der Waals surface area contributed by atoms with Crippen LogP contribution in [0.5, 0.6) is 0 Å². The number of para-hydroxylation sites is 1. The molecule has 0 bridgehead atoms. The van der Waals surface area contributed by atoms with E-state index in [0.717, 1.165) is 12.1 Å². The van der Waals surface area contributed by atoms with Crippen LogP contribution in [0.15, 0.2) is 30.3 Å². The standard InChI is InChI=1S/C20H29N3O/c1-15-9-7-12-19(16(15)2)22-17(3)20(24)23(14-8-13-21)18-10-5-4-6-11-18/h4-6,10-11,15-17,19,22H,7-9,12,14H2,1-3H3. The van der Waals surface area contributed by atoms with Crippen LogP contribution in [0.4, 0.5) is 5.69 Å². The van der Waals surface area contributed by atoms with E-state index >= 15 is 0 Å². The summed E-state index contributed by atoms with van der Waals surface area (Å²) in [5.41, 5.74) is 0.858. The minimum Gasteiger partial charge on any atom is -0.310 e. The highest BCUT2D eigenvalue weighted by Gasteiger charge is 2.30. The van der Waals surface area contributed by atoms with Crippen molar-refractivity contribution in [1.82, 2.24) is 5.32 Å². The SMILES string of the molecule is CC(NC1CCCC(C)C1C)C(=O)N(CCC#N)c1ccccc1. The van der Waals surface area contributed by atoms with E-state index < -0.39 is 0 Å².